The van der Waals surface area contributed by atoms with Crippen LogP contribution in [0.3, 0.4) is 0 Å². The van der Waals surface area contributed by atoms with Crippen LogP contribution in [0.4, 0.5) is 0 Å². The summed E-state index contributed by atoms with van der Waals surface area (Å²) < 4.78 is 1.48. The first-order chi connectivity index (χ1) is 8.70. The molecule has 0 spiro atoms. The molecule has 4 heteroatoms. The molecular weight excluding hydrogens is 226 g/mol. The third-order valence-electron chi connectivity index (χ3n) is 2.72. The lowest BCUT2D eigenvalue weighted by molar-refractivity contribution is 0.606. The van der Waals surface area contributed by atoms with Crippen molar-refractivity contribution in [2.45, 2.75) is 19.4 Å². The van der Waals surface area contributed by atoms with Gasteiger partial charge in [0.25, 0.3) is 0 Å². The summed E-state index contributed by atoms with van der Waals surface area (Å²) in [5.41, 5.74) is 1.49. The maximum Gasteiger partial charge on any atom is 0.347 e. The topological polar surface area (TPSA) is 58.7 Å². The molecular formula is C14H13N3O. The highest BCUT2D eigenvalue weighted by Gasteiger charge is 2.12. The number of nitriles is 1. The normalized spacial score (nSPS) is 11.8. The standard InChI is InChI=1S/C14H13N3O/c1-11-8-16-14(18)17(9-11)10-13(7-15)12-5-3-2-4-6-12/h2-6,8-9,13H,10H2,1H3. The van der Waals surface area contributed by atoms with Gasteiger partial charge in [0.05, 0.1) is 12.0 Å². The summed E-state index contributed by atoms with van der Waals surface area (Å²) in [7, 11) is 0. The molecule has 0 fully saturated rings. The predicted molar refractivity (Wildman–Crippen MR) is 68.0 cm³/mol. The van der Waals surface area contributed by atoms with Crippen molar-refractivity contribution < 1.29 is 0 Å². The van der Waals surface area contributed by atoms with E-state index in [1.54, 1.807) is 6.20 Å². The van der Waals surface area contributed by atoms with Crippen LogP contribution in [0.2, 0.25) is 0 Å². The number of aromatic nitrogens is 2. The first kappa shape index (κ1) is 12.1. The van der Waals surface area contributed by atoms with Crippen LogP contribution >= 0.6 is 0 Å². The highest BCUT2D eigenvalue weighted by Crippen LogP contribution is 2.15. The van der Waals surface area contributed by atoms with Crippen LogP contribution in [0, 0.1) is 18.3 Å². The lowest BCUT2D eigenvalue weighted by Gasteiger charge is -2.11. The van der Waals surface area contributed by atoms with Crippen molar-refractivity contribution in [1.29, 1.82) is 5.26 Å². The largest absolute Gasteiger partial charge is 0.347 e. The average molecular weight is 239 g/mol. The molecule has 0 aliphatic carbocycles. The predicted octanol–water partition coefficient (Wildman–Crippen LogP) is 1.86. The first-order valence-electron chi connectivity index (χ1n) is 5.68. The van der Waals surface area contributed by atoms with Gasteiger partial charge in [-0.3, -0.25) is 4.57 Å². The Morgan fingerprint density at radius 2 is 2.11 bits per heavy atom. The Kier molecular flexibility index (Phi) is 3.54. The quantitative estimate of drug-likeness (QED) is 0.821. The molecule has 18 heavy (non-hydrogen) atoms. The molecule has 0 aliphatic heterocycles. The number of benzene rings is 1. The molecule has 0 N–H and O–H groups in total. The number of hydrogen-bond acceptors (Lipinski definition) is 3. The summed E-state index contributed by atoms with van der Waals surface area (Å²) in [6.07, 6.45) is 3.26. The molecule has 0 amide bonds. The van der Waals surface area contributed by atoms with Gasteiger partial charge in [-0.25, -0.2) is 9.78 Å². The van der Waals surface area contributed by atoms with E-state index < -0.39 is 0 Å². The summed E-state index contributed by atoms with van der Waals surface area (Å²) >= 11 is 0. The molecule has 1 heterocycles. The van der Waals surface area contributed by atoms with E-state index in [9.17, 15) is 10.1 Å². The minimum absolute atomic E-state index is 0.322. The SMILES string of the molecule is Cc1cnc(=O)n(CC(C#N)c2ccccc2)c1. The van der Waals surface area contributed by atoms with Gasteiger partial charge in [-0.05, 0) is 18.1 Å². The van der Waals surface area contributed by atoms with Crippen LogP contribution in [0.15, 0.2) is 47.5 Å². The minimum Gasteiger partial charge on any atom is -0.297 e. The van der Waals surface area contributed by atoms with Gasteiger partial charge >= 0.3 is 5.69 Å². The Labute approximate surface area is 105 Å². The molecule has 0 bridgehead atoms. The van der Waals surface area contributed by atoms with Gasteiger partial charge in [0.2, 0.25) is 0 Å². The summed E-state index contributed by atoms with van der Waals surface area (Å²) in [6.45, 7) is 2.20. The van der Waals surface area contributed by atoms with Gasteiger partial charge in [0, 0.05) is 18.9 Å². The fourth-order valence-corrected chi connectivity index (χ4v) is 1.80. The zero-order chi connectivity index (χ0) is 13.0. The second-order valence-electron chi connectivity index (χ2n) is 4.16. The molecule has 2 aromatic rings. The van der Waals surface area contributed by atoms with Crippen LogP contribution < -0.4 is 5.69 Å². The van der Waals surface area contributed by atoms with E-state index in [1.165, 1.54) is 10.8 Å². The fraction of sp³-hybridized carbons (Fsp3) is 0.214. The van der Waals surface area contributed by atoms with Crippen LogP contribution in [-0.2, 0) is 6.54 Å². The second-order valence-corrected chi connectivity index (χ2v) is 4.16. The van der Waals surface area contributed by atoms with Gasteiger partial charge in [-0.1, -0.05) is 30.3 Å². The van der Waals surface area contributed by atoms with Crippen LogP contribution in [0.5, 0.6) is 0 Å². The van der Waals surface area contributed by atoms with E-state index in [-0.39, 0.29) is 11.6 Å². The number of aryl methyl sites for hydroxylation is 1. The number of hydrogen-bond donors (Lipinski definition) is 0. The highest BCUT2D eigenvalue weighted by atomic mass is 16.1. The molecule has 1 atom stereocenters. The Bertz CT molecular complexity index is 625. The fourth-order valence-electron chi connectivity index (χ4n) is 1.80. The molecule has 0 saturated carbocycles. The number of nitrogens with zero attached hydrogens (tertiary/aromatic N) is 3. The van der Waals surface area contributed by atoms with Crippen molar-refractivity contribution in [3.63, 3.8) is 0 Å². The first-order valence-corrected chi connectivity index (χ1v) is 5.68. The molecule has 0 radical (unpaired) electrons. The van der Waals surface area contributed by atoms with Crippen molar-refractivity contribution in [2.24, 2.45) is 0 Å². The van der Waals surface area contributed by atoms with Crippen molar-refractivity contribution >= 4 is 0 Å². The Balaban J connectivity index is 2.30. The molecule has 1 aromatic carbocycles. The van der Waals surface area contributed by atoms with Crippen LogP contribution in [0.25, 0.3) is 0 Å². The highest BCUT2D eigenvalue weighted by molar-refractivity contribution is 5.24. The average Bonchev–Trinajstić information content (AvgIpc) is 2.41. The van der Waals surface area contributed by atoms with E-state index in [4.69, 9.17) is 0 Å². The third kappa shape index (κ3) is 2.64. The van der Waals surface area contributed by atoms with Gasteiger partial charge < -0.3 is 0 Å². The Hall–Kier alpha value is -2.41. The monoisotopic (exact) mass is 239 g/mol. The maximum atomic E-state index is 11.6. The molecule has 4 nitrogen and oxygen atoms in total. The van der Waals surface area contributed by atoms with E-state index in [1.807, 2.05) is 37.3 Å². The van der Waals surface area contributed by atoms with E-state index in [0.29, 0.717) is 6.54 Å². The van der Waals surface area contributed by atoms with Gasteiger partial charge in [-0.2, -0.15) is 5.26 Å². The third-order valence-corrected chi connectivity index (χ3v) is 2.72. The molecule has 0 aliphatic rings. The second kappa shape index (κ2) is 5.28. The summed E-state index contributed by atoms with van der Waals surface area (Å²) in [5.74, 6) is -0.340. The lowest BCUT2D eigenvalue weighted by Crippen LogP contribution is -2.24. The van der Waals surface area contributed by atoms with Gasteiger partial charge in [-0.15, -0.1) is 0 Å². The summed E-state index contributed by atoms with van der Waals surface area (Å²) in [4.78, 5) is 15.4. The van der Waals surface area contributed by atoms with Gasteiger partial charge in [0.1, 0.15) is 0 Å². The van der Waals surface area contributed by atoms with Crippen molar-refractivity contribution in [1.82, 2.24) is 9.55 Å². The van der Waals surface area contributed by atoms with Crippen LogP contribution in [-0.4, -0.2) is 9.55 Å². The maximum absolute atomic E-state index is 11.6. The smallest absolute Gasteiger partial charge is 0.297 e. The van der Waals surface area contributed by atoms with E-state index in [2.05, 4.69) is 11.1 Å². The molecule has 1 aromatic heterocycles. The zero-order valence-electron chi connectivity index (χ0n) is 10.1. The molecule has 2 rings (SSSR count). The van der Waals surface area contributed by atoms with Crippen molar-refractivity contribution in [2.75, 3.05) is 0 Å². The molecule has 90 valence electrons. The van der Waals surface area contributed by atoms with E-state index in [0.717, 1.165) is 11.1 Å². The molecule has 0 saturated heterocycles. The van der Waals surface area contributed by atoms with Gasteiger partial charge in [0.15, 0.2) is 0 Å². The van der Waals surface area contributed by atoms with Crippen LogP contribution in [0.1, 0.15) is 17.0 Å². The Morgan fingerprint density at radius 1 is 1.39 bits per heavy atom. The molecule has 1 unspecified atom stereocenters. The van der Waals surface area contributed by atoms with Crippen molar-refractivity contribution in [3.05, 3.63) is 64.3 Å². The Morgan fingerprint density at radius 3 is 2.78 bits per heavy atom. The zero-order valence-corrected chi connectivity index (χ0v) is 10.1. The summed E-state index contributed by atoms with van der Waals surface area (Å²) in [6, 6.07) is 11.7. The van der Waals surface area contributed by atoms with E-state index >= 15 is 0 Å². The summed E-state index contributed by atoms with van der Waals surface area (Å²) in [5, 5.41) is 9.22. The minimum atomic E-state index is -0.340. The number of rotatable bonds is 3. The lowest BCUT2D eigenvalue weighted by atomic mass is 10.0. The van der Waals surface area contributed by atoms with Crippen molar-refractivity contribution in [3.8, 4) is 6.07 Å².